The maximum absolute atomic E-state index is 13.5. The lowest BCUT2D eigenvalue weighted by Crippen LogP contribution is -2.47. The summed E-state index contributed by atoms with van der Waals surface area (Å²) in [6.07, 6.45) is -1.78. The summed E-state index contributed by atoms with van der Waals surface area (Å²) in [6, 6.07) is 16.3. The topological polar surface area (TPSA) is 105 Å². The van der Waals surface area contributed by atoms with Gasteiger partial charge in [-0.05, 0) is 23.8 Å². The third-order valence-electron chi connectivity index (χ3n) is 5.06. The second-order valence-corrected chi connectivity index (χ2v) is 7.79. The number of para-hydroxylation sites is 1. The number of esters is 3. The minimum atomic E-state index is -1.10. The Bertz CT molecular complexity index is 1090. The molecule has 0 N–H and O–H groups in total. The van der Waals surface area contributed by atoms with Crippen LogP contribution in [-0.4, -0.2) is 42.0 Å². The van der Waals surface area contributed by atoms with Crippen molar-refractivity contribution in [2.24, 2.45) is 0 Å². The van der Waals surface area contributed by atoms with Gasteiger partial charge >= 0.3 is 17.9 Å². The van der Waals surface area contributed by atoms with Crippen molar-refractivity contribution in [3.05, 3.63) is 77.4 Å². The highest BCUT2D eigenvalue weighted by Gasteiger charge is 2.41. The van der Waals surface area contributed by atoms with Crippen LogP contribution in [0.15, 0.2) is 66.2 Å². The molecule has 0 fully saturated rings. The average molecular weight is 466 g/mol. The first-order chi connectivity index (χ1) is 16.2. The Morgan fingerprint density at radius 1 is 0.794 bits per heavy atom. The Balaban J connectivity index is 1.91. The lowest BCUT2D eigenvalue weighted by atomic mass is 9.87. The lowest BCUT2D eigenvalue weighted by Gasteiger charge is -2.34. The van der Waals surface area contributed by atoms with Gasteiger partial charge in [-0.15, -0.1) is 0 Å². The molecule has 8 nitrogen and oxygen atoms in total. The van der Waals surface area contributed by atoms with E-state index in [0.29, 0.717) is 11.3 Å². The van der Waals surface area contributed by atoms with Crippen molar-refractivity contribution in [3.8, 4) is 5.75 Å². The molecule has 2 aromatic carbocycles. The molecule has 0 amide bonds. The molecule has 0 spiro atoms. The van der Waals surface area contributed by atoms with E-state index >= 15 is 0 Å². The van der Waals surface area contributed by atoms with Crippen LogP contribution >= 0.6 is 0 Å². The van der Waals surface area contributed by atoms with Crippen molar-refractivity contribution in [2.45, 2.75) is 52.1 Å². The van der Waals surface area contributed by atoms with Crippen molar-refractivity contribution in [1.82, 2.24) is 0 Å². The summed E-state index contributed by atoms with van der Waals surface area (Å²) in [5.41, 5.74) is 1.49. The van der Waals surface area contributed by atoms with E-state index in [-0.39, 0.29) is 24.4 Å². The molecule has 1 aliphatic carbocycles. The zero-order chi connectivity index (χ0) is 24.7. The van der Waals surface area contributed by atoms with Crippen molar-refractivity contribution >= 4 is 23.7 Å². The van der Waals surface area contributed by atoms with Crippen LogP contribution in [-0.2, 0) is 35.2 Å². The van der Waals surface area contributed by atoms with Crippen LogP contribution in [0.25, 0.3) is 0 Å². The van der Waals surface area contributed by atoms with Crippen molar-refractivity contribution < 1.29 is 38.1 Å². The number of ketones is 1. The molecule has 1 aliphatic rings. The van der Waals surface area contributed by atoms with E-state index in [1.54, 1.807) is 24.3 Å². The van der Waals surface area contributed by atoms with Crippen LogP contribution in [0, 0.1) is 0 Å². The number of carbonyl (C=O) groups excluding carboxylic acids is 4. The van der Waals surface area contributed by atoms with Crippen LogP contribution < -0.4 is 4.74 Å². The minimum absolute atomic E-state index is 0.0266. The van der Waals surface area contributed by atoms with Crippen LogP contribution in [0.1, 0.15) is 43.1 Å². The molecule has 0 heterocycles. The van der Waals surface area contributed by atoms with Gasteiger partial charge < -0.3 is 18.9 Å². The highest BCUT2D eigenvalue weighted by atomic mass is 16.6. The normalized spacial score (nSPS) is 19.4. The Kier molecular flexibility index (Phi) is 8.19. The fraction of sp³-hybridized carbons (Fsp3) is 0.308. The van der Waals surface area contributed by atoms with E-state index in [0.717, 1.165) is 5.56 Å². The monoisotopic (exact) mass is 466 g/mol. The Labute approximate surface area is 197 Å². The molecule has 0 aromatic heterocycles. The van der Waals surface area contributed by atoms with E-state index in [1.807, 2.05) is 30.3 Å². The Morgan fingerprint density at radius 3 is 2.06 bits per heavy atom. The number of hydrogen-bond donors (Lipinski definition) is 0. The van der Waals surface area contributed by atoms with Crippen molar-refractivity contribution in [1.29, 1.82) is 0 Å². The molecule has 0 saturated carbocycles. The predicted molar refractivity (Wildman–Crippen MR) is 121 cm³/mol. The number of ether oxygens (including phenoxy) is 4. The number of benzene rings is 2. The maximum atomic E-state index is 13.5. The molecule has 0 aliphatic heterocycles. The largest absolute Gasteiger partial charge is 0.488 e. The SMILES string of the molecule is CC(=O)O[C@@H]1[C@H](OC(C)=O)C=C(C(=O)c2ccccc2OCc2ccccc2)C[C@H]1OC(C)=O. The van der Waals surface area contributed by atoms with Gasteiger partial charge in [-0.1, -0.05) is 42.5 Å². The summed E-state index contributed by atoms with van der Waals surface area (Å²) in [5.74, 6) is -1.89. The predicted octanol–water partition coefficient (Wildman–Crippen LogP) is 3.57. The molecular formula is C26H26O8. The third-order valence-corrected chi connectivity index (χ3v) is 5.06. The number of carbonyl (C=O) groups is 4. The summed E-state index contributed by atoms with van der Waals surface area (Å²) >= 11 is 0. The van der Waals surface area contributed by atoms with Gasteiger partial charge in [0.15, 0.2) is 18.0 Å². The lowest BCUT2D eigenvalue weighted by molar-refractivity contribution is -0.180. The van der Waals surface area contributed by atoms with E-state index in [2.05, 4.69) is 0 Å². The number of Topliss-reactive ketones (excluding diaryl/α,β-unsaturated/α-hetero) is 1. The van der Waals surface area contributed by atoms with E-state index < -0.39 is 36.2 Å². The van der Waals surface area contributed by atoms with Gasteiger partial charge in [0.1, 0.15) is 18.5 Å². The summed E-state index contributed by atoms with van der Waals surface area (Å²) in [4.78, 5) is 48.5. The van der Waals surface area contributed by atoms with E-state index in [4.69, 9.17) is 18.9 Å². The first-order valence-electron chi connectivity index (χ1n) is 10.8. The summed E-state index contributed by atoms with van der Waals surface area (Å²) in [6.45, 7) is 3.87. The van der Waals surface area contributed by atoms with Crippen molar-refractivity contribution in [3.63, 3.8) is 0 Å². The molecule has 2 aromatic rings. The van der Waals surface area contributed by atoms with Crippen molar-refractivity contribution in [2.75, 3.05) is 0 Å². The van der Waals surface area contributed by atoms with Gasteiger partial charge in [-0.3, -0.25) is 19.2 Å². The fourth-order valence-corrected chi connectivity index (χ4v) is 3.71. The first-order valence-corrected chi connectivity index (χ1v) is 10.8. The van der Waals surface area contributed by atoms with E-state index in [9.17, 15) is 19.2 Å². The zero-order valence-corrected chi connectivity index (χ0v) is 19.2. The molecule has 0 bridgehead atoms. The smallest absolute Gasteiger partial charge is 0.303 e. The highest BCUT2D eigenvalue weighted by molar-refractivity contribution is 6.10. The molecule has 34 heavy (non-hydrogen) atoms. The fourth-order valence-electron chi connectivity index (χ4n) is 3.71. The number of hydrogen-bond acceptors (Lipinski definition) is 8. The molecule has 0 saturated heterocycles. The molecule has 0 radical (unpaired) electrons. The second kappa shape index (κ2) is 11.3. The van der Waals surface area contributed by atoms with Crippen LogP contribution in [0.4, 0.5) is 0 Å². The maximum Gasteiger partial charge on any atom is 0.303 e. The molecule has 3 atom stereocenters. The molecule has 178 valence electrons. The minimum Gasteiger partial charge on any atom is -0.488 e. The Hall–Kier alpha value is -3.94. The van der Waals surface area contributed by atoms with Gasteiger partial charge in [-0.2, -0.15) is 0 Å². The molecule has 3 rings (SSSR count). The Morgan fingerprint density at radius 2 is 1.41 bits per heavy atom. The third kappa shape index (κ3) is 6.54. The molecule has 8 heteroatoms. The van der Waals surface area contributed by atoms with Gasteiger partial charge in [0.05, 0.1) is 5.56 Å². The van der Waals surface area contributed by atoms with Crippen LogP contribution in [0.2, 0.25) is 0 Å². The quantitative estimate of drug-likeness (QED) is 0.330. The van der Waals surface area contributed by atoms with Gasteiger partial charge in [-0.25, -0.2) is 0 Å². The summed E-state index contributed by atoms with van der Waals surface area (Å²) < 4.78 is 21.8. The first kappa shape index (κ1) is 24.7. The summed E-state index contributed by atoms with van der Waals surface area (Å²) in [5, 5.41) is 0. The summed E-state index contributed by atoms with van der Waals surface area (Å²) in [7, 11) is 0. The highest BCUT2D eigenvalue weighted by Crippen LogP contribution is 2.31. The van der Waals surface area contributed by atoms with E-state index in [1.165, 1.54) is 26.8 Å². The van der Waals surface area contributed by atoms with Gasteiger partial charge in [0.2, 0.25) is 0 Å². The van der Waals surface area contributed by atoms with Crippen LogP contribution in [0.3, 0.4) is 0 Å². The zero-order valence-electron chi connectivity index (χ0n) is 19.2. The number of rotatable bonds is 8. The van der Waals surface area contributed by atoms with Gasteiger partial charge in [0.25, 0.3) is 0 Å². The molecule has 0 unspecified atom stereocenters. The van der Waals surface area contributed by atoms with Gasteiger partial charge in [0, 0.05) is 32.8 Å². The molecular weight excluding hydrogens is 440 g/mol. The standard InChI is InChI=1S/C26H26O8/c1-16(27)32-23-13-20(14-24(33-17(2)28)26(23)34-18(3)29)25(30)21-11-7-8-12-22(21)31-15-19-9-5-4-6-10-19/h4-13,23-24,26H,14-15H2,1-3H3/t23-,24-,26-/m1/s1. The second-order valence-electron chi connectivity index (χ2n) is 7.79. The van der Waals surface area contributed by atoms with Crippen LogP contribution in [0.5, 0.6) is 5.75 Å². The average Bonchev–Trinajstić information content (AvgIpc) is 2.79.